The van der Waals surface area contributed by atoms with Gasteiger partial charge in [0, 0.05) is 43.9 Å². The molecule has 0 aliphatic carbocycles. The lowest BCUT2D eigenvalue weighted by molar-refractivity contribution is -0.136. The fraction of sp³-hybridized carbons (Fsp3) is 0.359. The summed E-state index contributed by atoms with van der Waals surface area (Å²) in [6.45, 7) is 8.86. The van der Waals surface area contributed by atoms with Crippen LogP contribution in [0.1, 0.15) is 64.0 Å². The number of piperidine rings is 1. The highest BCUT2D eigenvalue weighted by Crippen LogP contribution is 2.32. The minimum Gasteiger partial charge on any atom is -0.444 e. The first-order chi connectivity index (χ1) is 22.4. The molecule has 0 bridgehead atoms. The van der Waals surface area contributed by atoms with E-state index in [9.17, 15) is 19.5 Å². The molecule has 1 fully saturated rings. The highest BCUT2D eigenvalue weighted by atomic mass is 16.6. The van der Waals surface area contributed by atoms with Gasteiger partial charge in [0.2, 0.25) is 5.91 Å². The molecule has 1 aliphatic rings. The zero-order chi connectivity index (χ0) is 33.6. The van der Waals surface area contributed by atoms with Crippen molar-refractivity contribution >= 4 is 12.0 Å². The largest absolute Gasteiger partial charge is 0.444 e. The monoisotopic (exact) mass is 635 g/mol. The van der Waals surface area contributed by atoms with Gasteiger partial charge in [-0.3, -0.25) is 9.59 Å². The lowest BCUT2D eigenvalue weighted by atomic mass is 9.89. The number of nitrogens with one attached hydrogen (secondary N) is 1. The zero-order valence-corrected chi connectivity index (χ0v) is 27.7. The van der Waals surface area contributed by atoms with E-state index in [-0.39, 0.29) is 23.9 Å². The van der Waals surface area contributed by atoms with Gasteiger partial charge in [0.25, 0.3) is 5.56 Å². The van der Waals surface area contributed by atoms with Crippen molar-refractivity contribution in [2.24, 2.45) is 0 Å². The van der Waals surface area contributed by atoms with Crippen molar-refractivity contribution in [3.63, 3.8) is 0 Å². The molecule has 1 aromatic heterocycles. The number of aliphatic hydroxyl groups is 1. The first-order valence-electron chi connectivity index (χ1n) is 16.3. The minimum absolute atomic E-state index is 0.0832. The molecule has 2 heterocycles. The molecule has 1 atom stereocenters. The fourth-order valence-electron chi connectivity index (χ4n) is 6.01. The van der Waals surface area contributed by atoms with Crippen LogP contribution in [0.15, 0.2) is 102 Å². The van der Waals surface area contributed by atoms with E-state index in [0.29, 0.717) is 38.9 Å². The van der Waals surface area contributed by atoms with E-state index in [1.807, 2.05) is 117 Å². The molecule has 0 spiro atoms. The van der Waals surface area contributed by atoms with Crippen LogP contribution >= 0.6 is 0 Å². The van der Waals surface area contributed by atoms with Crippen molar-refractivity contribution in [2.75, 3.05) is 13.1 Å². The lowest BCUT2D eigenvalue weighted by Crippen LogP contribution is -2.49. The predicted octanol–water partition coefficient (Wildman–Crippen LogP) is 6.75. The molecule has 3 aromatic carbocycles. The summed E-state index contributed by atoms with van der Waals surface area (Å²) in [5.41, 5.74) is 3.62. The second kappa shape index (κ2) is 14.4. The van der Waals surface area contributed by atoms with E-state index in [1.54, 1.807) is 10.6 Å². The molecule has 1 saturated heterocycles. The molecule has 0 saturated carbocycles. The summed E-state index contributed by atoms with van der Waals surface area (Å²) >= 11 is 0. The average Bonchev–Trinajstić information content (AvgIpc) is 3.05. The van der Waals surface area contributed by atoms with Crippen molar-refractivity contribution in [3.8, 4) is 22.3 Å². The Balaban J connectivity index is 1.31. The van der Waals surface area contributed by atoms with E-state index in [4.69, 9.17) is 4.74 Å². The van der Waals surface area contributed by atoms with Crippen LogP contribution in [0.4, 0.5) is 4.79 Å². The summed E-state index contributed by atoms with van der Waals surface area (Å²) in [4.78, 5) is 40.5. The third-order valence-electron chi connectivity index (χ3n) is 8.67. The Labute approximate surface area is 277 Å². The number of benzene rings is 3. The van der Waals surface area contributed by atoms with Gasteiger partial charge in [0.15, 0.2) is 0 Å². The van der Waals surface area contributed by atoms with E-state index in [1.165, 1.54) is 0 Å². The summed E-state index contributed by atoms with van der Waals surface area (Å²) in [6.07, 6.45) is 2.55. The number of hydrogen-bond acceptors (Lipinski definition) is 5. The first-order valence-corrected chi connectivity index (χ1v) is 16.3. The van der Waals surface area contributed by atoms with Gasteiger partial charge in [0.05, 0.1) is 12.1 Å². The number of aromatic nitrogens is 1. The molecule has 47 heavy (non-hydrogen) atoms. The first kappa shape index (κ1) is 33.7. The Morgan fingerprint density at radius 2 is 1.49 bits per heavy atom. The second-order valence-corrected chi connectivity index (χ2v) is 13.6. The number of carbonyl (C=O) groups excluding carboxylic acids is 2. The van der Waals surface area contributed by atoms with Crippen molar-refractivity contribution in [2.45, 2.75) is 77.2 Å². The van der Waals surface area contributed by atoms with E-state index in [0.717, 1.165) is 33.4 Å². The van der Waals surface area contributed by atoms with Crippen LogP contribution in [0.5, 0.6) is 0 Å². The molecule has 0 unspecified atom stereocenters. The van der Waals surface area contributed by atoms with Crippen LogP contribution in [0, 0.1) is 0 Å². The SMILES string of the molecule is C[C@H](CC(=O)N1CCC(O)(Cn2cc(-c3ccc(CNC(=O)OC(C)(C)C)cc3)c(-c3ccccc3)cc2=O)CC1)c1ccccc1. The number of hydrogen-bond donors (Lipinski definition) is 2. The maximum absolute atomic E-state index is 13.5. The van der Waals surface area contributed by atoms with Gasteiger partial charge >= 0.3 is 6.09 Å². The lowest BCUT2D eigenvalue weighted by Gasteiger charge is -2.39. The Hall–Kier alpha value is -4.69. The van der Waals surface area contributed by atoms with E-state index < -0.39 is 17.3 Å². The van der Waals surface area contributed by atoms with E-state index >= 15 is 0 Å². The number of alkyl carbamates (subject to hydrolysis) is 1. The van der Waals surface area contributed by atoms with Crippen LogP contribution in [-0.4, -0.2) is 50.9 Å². The van der Waals surface area contributed by atoms with Gasteiger partial charge in [-0.15, -0.1) is 0 Å². The van der Waals surface area contributed by atoms with Crippen molar-refractivity contribution < 1.29 is 19.4 Å². The van der Waals surface area contributed by atoms with Gasteiger partial charge in [-0.05, 0) is 67.3 Å². The van der Waals surface area contributed by atoms with Crippen LogP contribution in [-0.2, 0) is 22.6 Å². The Morgan fingerprint density at radius 1 is 0.894 bits per heavy atom. The molecule has 2 amide bonds. The Kier molecular flexibility index (Phi) is 10.3. The van der Waals surface area contributed by atoms with Crippen molar-refractivity contribution in [1.82, 2.24) is 14.8 Å². The summed E-state index contributed by atoms with van der Waals surface area (Å²) < 4.78 is 6.93. The third kappa shape index (κ3) is 8.98. The van der Waals surface area contributed by atoms with Gasteiger partial charge in [-0.2, -0.15) is 0 Å². The molecule has 246 valence electrons. The van der Waals surface area contributed by atoms with Crippen LogP contribution < -0.4 is 10.9 Å². The number of ether oxygens (including phenoxy) is 1. The smallest absolute Gasteiger partial charge is 0.407 e. The fourth-order valence-corrected chi connectivity index (χ4v) is 6.01. The Bertz CT molecular complexity index is 1720. The summed E-state index contributed by atoms with van der Waals surface area (Å²) in [7, 11) is 0. The summed E-state index contributed by atoms with van der Waals surface area (Å²) in [5, 5.41) is 14.4. The van der Waals surface area contributed by atoms with Gasteiger partial charge in [-0.1, -0.05) is 91.9 Å². The number of rotatable bonds is 9. The van der Waals surface area contributed by atoms with Gasteiger partial charge in [-0.25, -0.2) is 4.79 Å². The normalized spacial score (nSPS) is 15.1. The molecule has 0 radical (unpaired) electrons. The maximum Gasteiger partial charge on any atom is 0.407 e. The van der Waals surface area contributed by atoms with E-state index in [2.05, 4.69) is 12.2 Å². The van der Waals surface area contributed by atoms with Gasteiger partial charge < -0.3 is 24.6 Å². The highest BCUT2D eigenvalue weighted by molar-refractivity contribution is 5.83. The average molecular weight is 636 g/mol. The number of nitrogens with zero attached hydrogens (tertiary/aromatic N) is 2. The molecule has 4 aromatic rings. The molecule has 8 nitrogen and oxygen atoms in total. The molecule has 1 aliphatic heterocycles. The topological polar surface area (TPSA) is 101 Å². The molecular formula is C39H45N3O5. The van der Waals surface area contributed by atoms with Crippen molar-refractivity contribution in [3.05, 3.63) is 119 Å². The Morgan fingerprint density at radius 3 is 2.11 bits per heavy atom. The number of carbonyl (C=O) groups is 2. The quantitative estimate of drug-likeness (QED) is 0.212. The maximum atomic E-state index is 13.5. The molecule has 2 N–H and O–H groups in total. The third-order valence-corrected chi connectivity index (χ3v) is 8.67. The highest BCUT2D eigenvalue weighted by Gasteiger charge is 2.35. The predicted molar refractivity (Wildman–Crippen MR) is 185 cm³/mol. The number of amides is 2. The zero-order valence-electron chi connectivity index (χ0n) is 27.7. The number of pyridine rings is 1. The molecule has 5 rings (SSSR count). The van der Waals surface area contributed by atoms with Crippen LogP contribution in [0.3, 0.4) is 0 Å². The van der Waals surface area contributed by atoms with Crippen molar-refractivity contribution in [1.29, 1.82) is 0 Å². The standard InChI is InChI=1S/C39H45N3O5/c1-28(30-11-7-5-8-12-30)23-35(43)41-21-19-39(46,20-22-41)27-42-26-34(33(24-36(42)44)31-13-9-6-10-14-31)32-17-15-29(16-18-32)25-40-37(45)47-38(2,3)4/h5-18,24,26,28,46H,19-23,25,27H2,1-4H3,(H,40,45)/t28-/m1/s1. The minimum atomic E-state index is -1.12. The summed E-state index contributed by atoms with van der Waals surface area (Å²) in [6, 6.07) is 29.2. The van der Waals surface area contributed by atoms with Crippen LogP contribution in [0.2, 0.25) is 0 Å². The summed E-state index contributed by atoms with van der Waals surface area (Å²) in [5.74, 6) is 0.194. The molecule has 8 heteroatoms. The number of likely N-dealkylation sites (tertiary alicyclic amines) is 1. The second-order valence-electron chi connectivity index (χ2n) is 13.6. The van der Waals surface area contributed by atoms with Crippen LogP contribution in [0.25, 0.3) is 22.3 Å². The van der Waals surface area contributed by atoms with Gasteiger partial charge in [0.1, 0.15) is 5.60 Å². The molecular weight excluding hydrogens is 590 g/mol.